The van der Waals surface area contributed by atoms with E-state index in [0.717, 1.165) is 11.4 Å². The molecule has 0 atom stereocenters. The topological polar surface area (TPSA) is 38.0 Å². The van der Waals surface area contributed by atoms with Gasteiger partial charge in [-0.1, -0.05) is 35.4 Å². The molecule has 2 rings (SSSR count). The predicted octanol–water partition coefficient (Wildman–Crippen LogP) is 3.97. The van der Waals surface area contributed by atoms with Gasteiger partial charge in [0.1, 0.15) is 0 Å². The van der Waals surface area contributed by atoms with Crippen LogP contribution in [0, 0.1) is 6.92 Å². The van der Waals surface area contributed by atoms with Crippen LogP contribution in [0.2, 0.25) is 5.02 Å². The summed E-state index contributed by atoms with van der Waals surface area (Å²) in [5.41, 5.74) is 9.45. The van der Waals surface area contributed by atoms with E-state index in [-0.39, 0.29) is 0 Å². The predicted molar refractivity (Wildman–Crippen MR) is 70.3 cm³/mol. The van der Waals surface area contributed by atoms with Crippen molar-refractivity contribution < 1.29 is 0 Å². The summed E-state index contributed by atoms with van der Waals surface area (Å²) >= 11 is 6.07. The standard InChI is InChI=1S/C13H13ClN2/c1-9-5-7-10(8-6-9)16-13-11(14)3-2-4-12(13)15/h2-8,16H,15H2,1H3. The molecule has 3 heteroatoms. The molecule has 2 aromatic rings. The maximum atomic E-state index is 6.07. The number of benzene rings is 2. The van der Waals surface area contributed by atoms with Crippen LogP contribution in [0.1, 0.15) is 5.56 Å². The van der Waals surface area contributed by atoms with E-state index < -0.39 is 0 Å². The Morgan fingerprint density at radius 3 is 2.38 bits per heavy atom. The van der Waals surface area contributed by atoms with Crippen LogP contribution < -0.4 is 11.1 Å². The smallest absolute Gasteiger partial charge is 0.0807 e. The monoisotopic (exact) mass is 232 g/mol. The number of halogens is 1. The van der Waals surface area contributed by atoms with Crippen molar-refractivity contribution in [2.75, 3.05) is 11.1 Å². The van der Waals surface area contributed by atoms with Crippen molar-refractivity contribution in [3.8, 4) is 0 Å². The van der Waals surface area contributed by atoms with Gasteiger partial charge in [0.25, 0.3) is 0 Å². The molecule has 3 N–H and O–H groups in total. The molecule has 0 amide bonds. The van der Waals surface area contributed by atoms with Crippen LogP contribution in [0.25, 0.3) is 0 Å². The second-order valence-corrected chi connectivity index (χ2v) is 4.10. The fraction of sp³-hybridized carbons (Fsp3) is 0.0769. The zero-order chi connectivity index (χ0) is 11.5. The van der Waals surface area contributed by atoms with Gasteiger partial charge < -0.3 is 11.1 Å². The lowest BCUT2D eigenvalue weighted by Crippen LogP contribution is -1.96. The normalized spacial score (nSPS) is 10.1. The first-order chi connectivity index (χ1) is 7.66. The van der Waals surface area contributed by atoms with Crippen molar-refractivity contribution in [3.05, 3.63) is 53.1 Å². The second-order valence-electron chi connectivity index (χ2n) is 3.70. The first-order valence-corrected chi connectivity index (χ1v) is 5.42. The zero-order valence-corrected chi connectivity index (χ0v) is 9.75. The lowest BCUT2D eigenvalue weighted by atomic mass is 10.2. The van der Waals surface area contributed by atoms with Gasteiger partial charge >= 0.3 is 0 Å². The minimum atomic E-state index is 0.626. The Bertz CT molecular complexity index is 472. The molecule has 0 aliphatic heterocycles. The molecule has 0 aliphatic rings. The van der Waals surface area contributed by atoms with E-state index in [4.69, 9.17) is 17.3 Å². The average molecular weight is 233 g/mol. The lowest BCUT2D eigenvalue weighted by Gasteiger charge is -2.11. The highest BCUT2D eigenvalue weighted by Crippen LogP contribution is 2.30. The van der Waals surface area contributed by atoms with Crippen molar-refractivity contribution in [2.45, 2.75) is 6.92 Å². The fourth-order valence-electron chi connectivity index (χ4n) is 1.45. The summed E-state index contributed by atoms with van der Waals surface area (Å²) in [7, 11) is 0. The van der Waals surface area contributed by atoms with Crippen molar-refractivity contribution >= 4 is 28.7 Å². The number of aryl methyl sites for hydroxylation is 1. The summed E-state index contributed by atoms with van der Waals surface area (Å²) in [6.45, 7) is 2.05. The molecule has 0 radical (unpaired) electrons. The van der Waals surface area contributed by atoms with E-state index in [1.54, 1.807) is 0 Å². The van der Waals surface area contributed by atoms with E-state index >= 15 is 0 Å². The van der Waals surface area contributed by atoms with Gasteiger partial charge in [0.2, 0.25) is 0 Å². The largest absolute Gasteiger partial charge is 0.397 e. The number of nitrogen functional groups attached to an aromatic ring is 1. The third-order valence-electron chi connectivity index (χ3n) is 2.37. The molecule has 0 bridgehead atoms. The highest BCUT2D eigenvalue weighted by Gasteiger charge is 2.03. The van der Waals surface area contributed by atoms with Crippen molar-refractivity contribution in [1.29, 1.82) is 0 Å². The van der Waals surface area contributed by atoms with Crippen LogP contribution in [-0.4, -0.2) is 0 Å². The summed E-state index contributed by atoms with van der Waals surface area (Å²) in [4.78, 5) is 0. The maximum Gasteiger partial charge on any atom is 0.0807 e. The van der Waals surface area contributed by atoms with Gasteiger partial charge in [-0.05, 0) is 31.2 Å². The number of nitrogens with two attached hydrogens (primary N) is 1. The second kappa shape index (κ2) is 4.45. The molecule has 0 spiro atoms. The van der Waals surface area contributed by atoms with E-state index in [1.165, 1.54) is 5.56 Å². The van der Waals surface area contributed by atoms with Gasteiger partial charge in [0, 0.05) is 5.69 Å². The molecular formula is C13H13ClN2. The van der Waals surface area contributed by atoms with Gasteiger partial charge in [-0.15, -0.1) is 0 Å². The highest BCUT2D eigenvalue weighted by molar-refractivity contribution is 6.34. The Morgan fingerprint density at radius 2 is 1.75 bits per heavy atom. The van der Waals surface area contributed by atoms with Gasteiger partial charge in [0.05, 0.1) is 16.4 Å². The number of nitrogens with one attached hydrogen (secondary N) is 1. The Morgan fingerprint density at radius 1 is 1.06 bits per heavy atom. The minimum absolute atomic E-state index is 0.626. The highest BCUT2D eigenvalue weighted by atomic mass is 35.5. The van der Waals surface area contributed by atoms with Crippen molar-refractivity contribution in [1.82, 2.24) is 0 Å². The van der Waals surface area contributed by atoms with Crippen molar-refractivity contribution in [3.63, 3.8) is 0 Å². The van der Waals surface area contributed by atoms with E-state index in [2.05, 4.69) is 5.32 Å². The quantitative estimate of drug-likeness (QED) is 0.769. The molecule has 82 valence electrons. The number of rotatable bonds is 2. The van der Waals surface area contributed by atoms with Crippen LogP contribution in [0.4, 0.5) is 17.1 Å². The molecule has 0 aromatic heterocycles. The fourth-order valence-corrected chi connectivity index (χ4v) is 1.68. The summed E-state index contributed by atoms with van der Waals surface area (Å²) in [6.07, 6.45) is 0. The first-order valence-electron chi connectivity index (χ1n) is 5.04. The van der Waals surface area contributed by atoms with Gasteiger partial charge in [-0.25, -0.2) is 0 Å². The molecule has 0 fully saturated rings. The average Bonchev–Trinajstić information content (AvgIpc) is 2.26. The summed E-state index contributed by atoms with van der Waals surface area (Å²) < 4.78 is 0. The summed E-state index contributed by atoms with van der Waals surface area (Å²) in [5, 5.41) is 3.84. The van der Waals surface area contributed by atoms with Gasteiger partial charge in [-0.3, -0.25) is 0 Å². The molecule has 0 saturated carbocycles. The van der Waals surface area contributed by atoms with Gasteiger partial charge in [-0.2, -0.15) is 0 Å². The third-order valence-corrected chi connectivity index (χ3v) is 2.68. The van der Waals surface area contributed by atoms with E-state index in [9.17, 15) is 0 Å². The molecule has 0 unspecified atom stereocenters. The Balaban J connectivity index is 2.30. The Hall–Kier alpha value is -1.67. The Kier molecular flexibility index (Phi) is 3.02. The SMILES string of the molecule is Cc1ccc(Nc2c(N)cccc2Cl)cc1. The maximum absolute atomic E-state index is 6.07. The number of anilines is 3. The molecular weight excluding hydrogens is 220 g/mol. The lowest BCUT2D eigenvalue weighted by molar-refractivity contribution is 1.45. The number of hydrogen-bond acceptors (Lipinski definition) is 2. The Labute approximate surface area is 100 Å². The molecule has 2 aromatic carbocycles. The molecule has 0 aliphatic carbocycles. The van der Waals surface area contributed by atoms with Crippen LogP contribution in [0.15, 0.2) is 42.5 Å². The van der Waals surface area contributed by atoms with Gasteiger partial charge in [0.15, 0.2) is 0 Å². The van der Waals surface area contributed by atoms with Crippen LogP contribution in [0.5, 0.6) is 0 Å². The molecule has 16 heavy (non-hydrogen) atoms. The van der Waals surface area contributed by atoms with Crippen LogP contribution >= 0.6 is 11.6 Å². The molecule has 0 heterocycles. The van der Waals surface area contributed by atoms with Crippen molar-refractivity contribution in [2.24, 2.45) is 0 Å². The number of hydrogen-bond donors (Lipinski definition) is 2. The van der Waals surface area contributed by atoms with E-state index in [0.29, 0.717) is 10.7 Å². The summed E-state index contributed by atoms with van der Waals surface area (Å²) in [6, 6.07) is 13.5. The van der Waals surface area contributed by atoms with Crippen LogP contribution in [-0.2, 0) is 0 Å². The molecule has 2 nitrogen and oxygen atoms in total. The first kappa shape index (κ1) is 10.8. The van der Waals surface area contributed by atoms with E-state index in [1.807, 2.05) is 49.4 Å². The van der Waals surface area contributed by atoms with Crippen LogP contribution in [0.3, 0.4) is 0 Å². The minimum Gasteiger partial charge on any atom is -0.397 e. The molecule has 0 saturated heterocycles. The summed E-state index contributed by atoms with van der Waals surface area (Å²) in [5.74, 6) is 0. The number of para-hydroxylation sites is 1. The zero-order valence-electron chi connectivity index (χ0n) is 9.00. The third kappa shape index (κ3) is 2.28.